The van der Waals surface area contributed by atoms with E-state index in [0.29, 0.717) is 28.6 Å². The quantitative estimate of drug-likeness (QED) is 0.562. The van der Waals surface area contributed by atoms with Gasteiger partial charge in [-0.25, -0.2) is 4.98 Å². The van der Waals surface area contributed by atoms with Crippen LogP contribution in [0.1, 0.15) is 24.0 Å². The molecule has 0 aliphatic heterocycles. The number of hydrogen-bond donors (Lipinski definition) is 3. The molecule has 0 unspecified atom stereocenters. The van der Waals surface area contributed by atoms with Crippen molar-refractivity contribution >= 4 is 17.5 Å². The number of halogens is 1. The molecule has 144 valence electrons. The molecule has 0 saturated carbocycles. The molecule has 1 amide bonds. The fraction of sp³-hybridized carbons (Fsp3) is 0.263. The average molecular weight is 399 g/mol. The minimum absolute atomic E-state index is 0.134. The summed E-state index contributed by atoms with van der Waals surface area (Å²) in [5.74, 6) is 0.287. The zero-order valence-corrected chi connectivity index (χ0v) is 15.9. The first-order valence-corrected chi connectivity index (χ1v) is 9.02. The molecule has 2 heterocycles. The molecule has 0 saturated heterocycles. The van der Waals surface area contributed by atoms with Crippen LogP contribution >= 0.6 is 11.6 Å². The number of aliphatic hydroxyl groups is 1. The first-order valence-electron chi connectivity index (χ1n) is 8.65. The van der Waals surface area contributed by atoms with Gasteiger partial charge in [-0.05, 0) is 25.1 Å². The van der Waals surface area contributed by atoms with Crippen molar-refractivity contribution in [3.05, 3.63) is 58.8 Å². The summed E-state index contributed by atoms with van der Waals surface area (Å²) >= 11 is 6.08. The Bertz CT molecular complexity index is 1020. The summed E-state index contributed by atoms with van der Waals surface area (Å²) in [4.78, 5) is 19.0. The predicted molar refractivity (Wildman–Crippen MR) is 103 cm³/mol. The van der Waals surface area contributed by atoms with Crippen molar-refractivity contribution in [3.63, 3.8) is 0 Å². The van der Waals surface area contributed by atoms with Crippen LogP contribution < -0.4 is 5.32 Å². The molecule has 9 heteroatoms. The van der Waals surface area contributed by atoms with Gasteiger partial charge in [-0.2, -0.15) is 10.4 Å². The van der Waals surface area contributed by atoms with Gasteiger partial charge in [0.15, 0.2) is 0 Å². The van der Waals surface area contributed by atoms with E-state index in [1.807, 2.05) is 25.3 Å². The van der Waals surface area contributed by atoms with Crippen LogP contribution in [-0.4, -0.2) is 36.8 Å². The van der Waals surface area contributed by atoms with Crippen LogP contribution in [0.25, 0.3) is 11.3 Å². The first-order chi connectivity index (χ1) is 13.5. The number of carbonyl (C=O) groups excluding carboxylic acids is 1. The average Bonchev–Trinajstić information content (AvgIpc) is 3.30. The Labute approximate surface area is 166 Å². The molecule has 28 heavy (non-hydrogen) atoms. The second-order valence-electron chi connectivity index (χ2n) is 6.39. The molecule has 0 aliphatic rings. The largest absolute Gasteiger partial charge is 0.388 e. The number of carbonyl (C=O) groups is 1. The number of rotatable bonds is 7. The Morgan fingerprint density at radius 2 is 2.29 bits per heavy atom. The molecule has 2 aromatic heterocycles. The number of aromatic amines is 1. The van der Waals surface area contributed by atoms with Gasteiger partial charge in [-0.15, -0.1) is 0 Å². The smallest absolute Gasteiger partial charge is 0.226 e. The standard InChI is InChI=1S/C19H19ClN6O2/c1-12(23-19(28)7-15-9-22-18(11-27)24-15)10-26-5-4-17(25-26)13-2-3-14(8-21)16(20)6-13/h2-6,9,12,27H,7,10-11H2,1H3,(H,22,24)(H,23,28)/t12-/m0/s1. The van der Waals surface area contributed by atoms with Crippen LogP contribution in [0.3, 0.4) is 0 Å². The number of benzene rings is 1. The molecule has 0 spiro atoms. The Hall–Kier alpha value is -3.15. The van der Waals surface area contributed by atoms with Crippen LogP contribution in [0, 0.1) is 11.3 Å². The maximum atomic E-state index is 12.1. The number of aromatic nitrogens is 4. The second-order valence-corrected chi connectivity index (χ2v) is 6.80. The van der Waals surface area contributed by atoms with Gasteiger partial charge < -0.3 is 15.4 Å². The second kappa shape index (κ2) is 8.69. The number of hydrogen-bond acceptors (Lipinski definition) is 5. The van der Waals surface area contributed by atoms with Crippen LogP contribution in [-0.2, 0) is 24.4 Å². The summed E-state index contributed by atoms with van der Waals surface area (Å²) < 4.78 is 1.74. The summed E-state index contributed by atoms with van der Waals surface area (Å²) in [5.41, 5.74) is 2.62. The number of nitrogens with one attached hydrogen (secondary N) is 2. The van der Waals surface area contributed by atoms with E-state index in [0.717, 1.165) is 11.3 Å². The van der Waals surface area contributed by atoms with Crippen molar-refractivity contribution in [3.8, 4) is 17.3 Å². The lowest BCUT2D eigenvalue weighted by Crippen LogP contribution is -2.36. The van der Waals surface area contributed by atoms with E-state index >= 15 is 0 Å². The molecule has 0 fully saturated rings. The van der Waals surface area contributed by atoms with Gasteiger partial charge in [-0.3, -0.25) is 9.48 Å². The Morgan fingerprint density at radius 3 is 2.96 bits per heavy atom. The topological polar surface area (TPSA) is 120 Å². The summed E-state index contributed by atoms with van der Waals surface area (Å²) in [5, 5.41) is 25.8. The highest BCUT2D eigenvalue weighted by Gasteiger charge is 2.12. The fourth-order valence-electron chi connectivity index (χ4n) is 2.78. The lowest BCUT2D eigenvalue weighted by molar-refractivity contribution is -0.121. The molecule has 8 nitrogen and oxygen atoms in total. The maximum absolute atomic E-state index is 12.1. The van der Waals surface area contributed by atoms with E-state index in [1.54, 1.807) is 22.9 Å². The maximum Gasteiger partial charge on any atom is 0.226 e. The van der Waals surface area contributed by atoms with E-state index in [1.165, 1.54) is 6.20 Å². The Balaban J connectivity index is 1.57. The molecule has 0 radical (unpaired) electrons. The fourth-order valence-corrected chi connectivity index (χ4v) is 3.01. The van der Waals surface area contributed by atoms with Crippen molar-refractivity contribution in [2.24, 2.45) is 0 Å². The molecular weight excluding hydrogens is 380 g/mol. The molecule has 3 rings (SSSR count). The number of imidazole rings is 1. The van der Waals surface area contributed by atoms with Gasteiger partial charge in [0.05, 0.1) is 29.2 Å². The van der Waals surface area contributed by atoms with Gasteiger partial charge in [-0.1, -0.05) is 17.7 Å². The monoisotopic (exact) mass is 398 g/mol. The molecule has 0 aliphatic carbocycles. The van der Waals surface area contributed by atoms with Crippen LogP contribution in [0.15, 0.2) is 36.7 Å². The summed E-state index contributed by atoms with van der Waals surface area (Å²) in [6, 6.07) is 8.92. The highest BCUT2D eigenvalue weighted by molar-refractivity contribution is 6.32. The summed E-state index contributed by atoms with van der Waals surface area (Å²) in [6.45, 7) is 2.20. The van der Waals surface area contributed by atoms with E-state index in [-0.39, 0.29) is 25.0 Å². The molecule has 0 bridgehead atoms. The predicted octanol–water partition coefficient (Wildman–Crippen LogP) is 2.04. The van der Waals surface area contributed by atoms with Gasteiger partial charge in [0.2, 0.25) is 5.91 Å². The van der Waals surface area contributed by atoms with Gasteiger partial charge in [0, 0.05) is 29.7 Å². The minimum Gasteiger partial charge on any atom is -0.388 e. The molecule has 1 atom stereocenters. The van der Waals surface area contributed by atoms with E-state index in [2.05, 4.69) is 20.4 Å². The molecule has 1 aromatic carbocycles. The van der Waals surface area contributed by atoms with Crippen molar-refractivity contribution in [1.82, 2.24) is 25.1 Å². The van der Waals surface area contributed by atoms with E-state index < -0.39 is 0 Å². The SMILES string of the molecule is C[C@@H](Cn1ccc(-c2ccc(C#N)c(Cl)c2)n1)NC(=O)Cc1cnc(CO)[nH]1. The van der Waals surface area contributed by atoms with Crippen molar-refractivity contribution in [2.75, 3.05) is 0 Å². The third-order valence-corrected chi connectivity index (χ3v) is 4.39. The van der Waals surface area contributed by atoms with Gasteiger partial charge in [0.25, 0.3) is 0 Å². The highest BCUT2D eigenvalue weighted by atomic mass is 35.5. The third-order valence-electron chi connectivity index (χ3n) is 4.08. The lowest BCUT2D eigenvalue weighted by atomic mass is 10.1. The minimum atomic E-state index is -0.190. The summed E-state index contributed by atoms with van der Waals surface area (Å²) in [7, 11) is 0. The third kappa shape index (κ3) is 4.76. The van der Waals surface area contributed by atoms with Crippen molar-refractivity contribution < 1.29 is 9.90 Å². The normalized spacial score (nSPS) is 11.8. The zero-order chi connectivity index (χ0) is 20.1. The zero-order valence-electron chi connectivity index (χ0n) is 15.2. The van der Waals surface area contributed by atoms with Gasteiger partial charge in [0.1, 0.15) is 18.5 Å². The van der Waals surface area contributed by atoms with E-state index in [9.17, 15) is 4.79 Å². The number of nitrogens with zero attached hydrogens (tertiary/aromatic N) is 4. The molecular formula is C19H19ClN6O2. The van der Waals surface area contributed by atoms with Crippen LogP contribution in [0.4, 0.5) is 0 Å². The number of nitriles is 1. The number of aliphatic hydroxyl groups excluding tert-OH is 1. The van der Waals surface area contributed by atoms with E-state index in [4.69, 9.17) is 22.0 Å². The lowest BCUT2D eigenvalue weighted by Gasteiger charge is -2.13. The van der Waals surface area contributed by atoms with Crippen molar-refractivity contribution in [2.45, 2.75) is 32.5 Å². The number of amides is 1. The van der Waals surface area contributed by atoms with Crippen LogP contribution in [0.2, 0.25) is 5.02 Å². The van der Waals surface area contributed by atoms with Crippen LogP contribution in [0.5, 0.6) is 0 Å². The first kappa shape index (κ1) is 19.6. The molecule has 3 N–H and O–H groups in total. The van der Waals surface area contributed by atoms with Gasteiger partial charge >= 0.3 is 0 Å². The molecule has 3 aromatic rings. The highest BCUT2D eigenvalue weighted by Crippen LogP contribution is 2.24. The Morgan fingerprint density at radius 1 is 1.46 bits per heavy atom. The van der Waals surface area contributed by atoms with Crippen molar-refractivity contribution in [1.29, 1.82) is 5.26 Å². The number of H-pyrrole nitrogens is 1. The Kier molecular flexibility index (Phi) is 6.09. The summed E-state index contributed by atoms with van der Waals surface area (Å²) in [6.07, 6.45) is 3.52.